The Bertz CT molecular complexity index is 1220. The second-order valence-electron chi connectivity index (χ2n) is 14.1. The van der Waals surface area contributed by atoms with Gasteiger partial charge in [-0.25, -0.2) is 4.57 Å². The molecule has 0 fully saturated rings. The highest BCUT2D eigenvalue weighted by Gasteiger charge is 2.27. The van der Waals surface area contributed by atoms with Crippen molar-refractivity contribution in [3.05, 3.63) is 85.1 Å². The number of carbonyl (C=O) groups is 2. The van der Waals surface area contributed by atoms with Crippen LogP contribution in [0.4, 0.5) is 0 Å². The molecular formula is C46H78NO9P. The number of carboxylic acid groups (broad SMARTS) is 1. The molecule has 11 heteroatoms. The van der Waals surface area contributed by atoms with Crippen LogP contribution in [0.1, 0.15) is 155 Å². The van der Waals surface area contributed by atoms with Crippen LogP contribution in [0.5, 0.6) is 0 Å². The Hall–Kier alpha value is -2.85. The standard InChI is InChI=1S/C46H78NO9P/c1-3-5-7-9-11-13-15-17-19-21-22-23-24-26-28-30-32-34-36-38-45(48)56-43(41-54-57(51,52)55-42-44(47)46(49)50)40-53-39-37-35-33-31-29-27-25-20-18-16-14-12-10-8-6-4-2/h5,7,11-14,17-20,22-23,26,28,43-44H,3-4,6,8-10,15-16,21,24-25,27,29-42,47H2,1-2H3,(H,49,50)(H,51,52)/b7-5-,13-11-,14-12-,19-17-,20-18-,23-22-,28-26-. The first-order chi connectivity index (χ1) is 27.7. The minimum absolute atomic E-state index is 0.00921. The van der Waals surface area contributed by atoms with Crippen molar-refractivity contribution in [3.63, 3.8) is 0 Å². The highest BCUT2D eigenvalue weighted by Crippen LogP contribution is 2.43. The summed E-state index contributed by atoms with van der Waals surface area (Å²) in [5.74, 6) is -1.82. The van der Waals surface area contributed by atoms with Crippen molar-refractivity contribution in [1.82, 2.24) is 0 Å². The van der Waals surface area contributed by atoms with Crippen molar-refractivity contribution in [2.75, 3.05) is 26.4 Å². The lowest BCUT2D eigenvalue weighted by molar-refractivity contribution is -0.154. The molecular weight excluding hydrogens is 741 g/mol. The van der Waals surface area contributed by atoms with Gasteiger partial charge in [0.25, 0.3) is 0 Å². The zero-order valence-corrected chi connectivity index (χ0v) is 36.3. The van der Waals surface area contributed by atoms with Gasteiger partial charge in [-0.05, 0) is 89.9 Å². The molecule has 326 valence electrons. The SMILES string of the molecule is CC/C=C\C/C=C\C/C=C\C/C=C\C/C=C\CCCCCC(=O)OC(COCCCCCCCC/C=C\C/C=C\CCCCC)COP(=O)(O)OCC(N)C(=O)O. The number of aliphatic carboxylic acids is 1. The Balaban J connectivity index is 4.36. The second-order valence-corrected chi connectivity index (χ2v) is 15.5. The highest BCUT2D eigenvalue weighted by molar-refractivity contribution is 7.47. The number of carbonyl (C=O) groups excluding carboxylic acids is 1. The van der Waals surface area contributed by atoms with Gasteiger partial charge in [-0.15, -0.1) is 0 Å². The first-order valence-electron chi connectivity index (χ1n) is 21.6. The molecule has 0 aromatic carbocycles. The van der Waals surface area contributed by atoms with Gasteiger partial charge in [0, 0.05) is 13.0 Å². The number of unbranched alkanes of at least 4 members (excludes halogenated alkanes) is 12. The van der Waals surface area contributed by atoms with Crippen LogP contribution in [0, 0.1) is 0 Å². The van der Waals surface area contributed by atoms with E-state index in [0.717, 1.165) is 83.5 Å². The molecule has 0 spiro atoms. The van der Waals surface area contributed by atoms with Crippen molar-refractivity contribution in [3.8, 4) is 0 Å². The number of allylic oxidation sites excluding steroid dienone is 14. The normalized spacial score (nSPS) is 14.7. The molecule has 0 rings (SSSR count). The van der Waals surface area contributed by atoms with E-state index in [2.05, 4.69) is 98.9 Å². The maximum absolute atomic E-state index is 12.6. The number of nitrogens with two attached hydrogens (primary N) is 1. The lowest BCUT2D eigenvalue weighted by atomic mass is 10.1. The monoisotopic (exact) mass is 820 g/mol. The quantitative estimate of drug-likeness (QED) is 0.0235. The Labute approximate surface area is 346 Å². The summed E-state index contributed by atoms with van der Waals surface area (Å²) >= 11 is 0. The van der Waals surface area contributed by atoms with Crippen molar-refractivity contribution in [2.24, 2.45) is 5.73 Å². The van der Waals surface area contributed by atoms with E-state index in [9.17, 15) is 19.0 Å². The van der Waals surface area contributed by atoms with Gasteiger partial charge in [0.1, 0.15) is 12.1 Å². The van der Waals surface area contributed by atoms with Gasteiger partial charge in [-0.1, -0.05) is 144 Å². The van der Waals surface area contributed by atoms with Gasteiger partial charge in [-0.2, -0.15) is 0 Å². The number of phosphoric ester groups is 1. The molecule has 3 unspecified atom stereocenters. The third-order valence-corrected chi connectivity index (χ3v) is 9.61. The summed E-state index contributed by atoms with van der Waals surface area (Å²) in [6.07, 6.45) is 52.0. The van der Waals surface area contributed by atoms with Crippen molar-refractivity contribution in [2.45, 2.75) is 167 Å². The summed E-state index contributed by atoms with van der Waals surface area (Å²) in [5.41, 5.74) is 5.35. The molecule has 0 aromatic heterocycles. The van der Waals surface area contributed by atoms with E-state index < -0.39 is 45.1 Å². The third-order valence-electron chi connectivity index (χ3n) is 8.66. The van der Waals surface area contributed by atoms with E-state index >= 15 is 0 Å². The number of carboxylic acids is 1. The molecule has 0 aliphatic heterocycles. The first-order valence-corrected chi connectivity index (χ1v) is 23.1. The van der Waals surface area contributed by atoms with E-state index in [1.54, 1.807) is 0 Å². The number of hydrogen-bond donors (Lipinski definition) is 3. The van der Waals surface area contributed by atoms with E-state index in [1.165, 1.54) is 44.9 Å². The minimum Gasteiger partial charge on any atom is -0.480 e. The van der Waals surface area contributed by atoms with Gasteiger partial charge in [0.05, 0.1) is 19.8 Å². The van der Waals surface area contributed by atoms with Crippen LogP contribution in [0.15, 0.2) is 85.1 Å². The summed E-state index contributed by atoms with van der Waals surface area (Å²) < 4.78 is 33.3. The van der Waals surface area contributed by atoms with E-state index in [0.29, 0.717) is 13.0 Å². The van der Waals surface area contributed by atoms with E-state index in [-0.39, 0.29) is 13.0 Å². The topological polar surface area (TPSA) is 155 Å². The average Bonchev–Trinajstić information content (AvgIpc) is 3.19. The van der Waals surface area contributed by atoms with Crippen molar-refractivity contribution >= 4 is 19.8 Å². The smallest absolute Gasteiger partial charge is 0.472 e. The first kappa shape index (κ1) is 54.2. The number of rotatable bonds is 40. The molecule has 10 nitrogen and oxygen atoms in total. The molecule has 3 atom stereocenters. The maximum Gasteiger partial charge on any atom is 0.472 e. The summed E-state index contributed by atoms with van der Waals surface area (Å²) in [4.78, 5) is 33.5. The van der Waals surface area contributed by atoms with Gasteiger partial charge < -0.3 is 25.2 Å². The Kier molecular flexibility index (Phi) is 39.2. The fourth-order valence-corrected chi connectivity index (χ4v) is 6.08. The van der Waals surface area contributed by atoms with Gasteiger partial charge in [0.15, 0.2) is 0 Å². The van der Waals surface area contributed by atoms with Crippen LogP contribution in [0.3, 0.4) is 0 Å². The summed E-state index contributed by atoms with van der Waals surface area (Å²) in [6, 6.07) is -1.48. The summed E-state index contributed by atoms with van der Waals surface area (Å²) in [7, 11) is -4.63. The van der Waals surface area contributed by atoms with Crippen LogP contribution in [-0.2, 0) is 32.7 Å². The van der Waals surface area contributed by atoms with Crippen LogP contribution < -0.4 is 5.73 Å². The third kappa shape index (κ3) is 41.1. The van der Waals surface area contributed by atoms with Gasteiger partial charge >= 0.3 is 19.8 Å². The Morgan fingerprint density at radius 3 is 1.53 bits per heavy atom. The fraction of sp³-hybridized carbons (Fsp3) is 0.652. The van der Waals surface area contributed by atoms with E-state index in [4.69, 9.17) is 29.4 Å². The molecule has 4 N–H and O–H groups in total. The molecule has 0 saturated carbocycles. The predicted octanol–water partition coefficient (Wildman–Crippen LogP) is 12.0. The predicted molar refractivity (Wildman–Crippen MR) is 235 cm³/mol. The van der Waals surface area contributed by atoms with Crippen molar-refractivity contribution in [1.29, 1.82) is 0 Å². The van der Waals surface area contributed by atoms with E-state index in [1.807, 2.05) is 0 Å². The fourth-order valence-electron chi connectivity index (χ4n) is 5.31. The van der Waals surface area contributed by atoms with Crippen LogP contribution in [0.2, 0.25) is 0 Å². The highest BCUT2D eigenvalue weighted by atomic mass is 31.2. The molecule has 0 saturated heterocycles. The number of phosphoric acid groups is 1. The Morgan fingerprint density at radius 1 is 0.579 bits per heavy atom. The molecule has 0 aromatic rings. The average molecular weight is 820 g/mol. The van der Waals surface area contributed by atoms with Crippen LogP contribution in [0.25, 0.3) is 0 Å². The lowest BCUT2D eigenvalue weighted by Gasteiger charge is -2.20. The van der Waals surface area contributed by atoms with Crippen LogP contribution >= 0.6 is 7.82 Å². The maximum atomic E-state index is 12.6. The molecule has 0 aliphatic carbocycles. The largest absolute Gasteiger partial charge is 0.480 e. The summed E-state index contributed by atoms with van der Waals surface area (Å²) in [6.45, 7) is 3.65. The van der Waals surface area contributed by atoms with Crippen molar-refractivity contribution < 1.29 is 42.7 Å². The molecule has 0 amide bonds. The minimum atomic E-state index is -4.63. The molecule has 0 radical (unpaired) electrons. The number of ether oxygens (including phenoxy) is 2. The van der Waals surface area contributed by atoms with Gasteiger partial charge in [0.2, 0.25) is 0 Å². The second kappa shape index (κ2) is 41.3. The molecule has 0 aliphatic rings. The summed E-state index contributed by atoms with van der Waals surface area (Å²) in [5, 5.41) is 8.90. The van der Waals surface area contributed by atoms with Crippen LogP contribution in [-0.4, -0.2) is 60.5 Å². The molecule has 0 bridgehead atoms. The number of esters is 1. The lowest BCUT2D eigenvalue weighted by Crippen LogP contribution is -2.34. The number of hydrogen-bond acceptors (Lipinski definition) is 8. The molecule has 57 heavy (non-hydrogen) atoms. The molecule has 0 heterocycles. The van der Waals surface area contributed by atoms with Gasteiger partial charge in [-0.3, -0.25) is 18.6 Å². The zero-order chi connectivity index (χ0) is 41.9. The zero-order valence-electron chi connectivity index (χ0n) is 35.4. The Morgan fingerprint density at radius 2 is 1.02 bits per heavy atom.